The molecule has 0 aromatic rings. The average molecular weight is 200 g/mol. The molecule has 2 heteroatoms. The largest absolute Gasteiger partial charge is 0.465 e. The first-order valence-corrected chi connectivity index (χ1v) is 5.55. The summed E-state index contributed by atoms with van der Waals surface area (Å²) < 4.78 is 5.23. The minimum atomic E-state index is -0.0884. The van der Waals surface area contributed by atoms with E-state index in [1.54, 1.807) is 0 Å². The zero-order valence-corrected chi connectivity index (χ0v) is 10.2. The Hall–Kier alpha value is -0.530. The van der Waals surface area contributed by atoms with Crippen LogP contribution >= 0.6 is 0 Å². The maximum absolute atomic E-state index is 11.2. The molecule has 0 aliphatic heterocycles. The minimum absolute atomic E-state index is 0.0167. The van der Waals surface area contributed by atoms with Gasteiger partial charge in [0.25, 0.3) is 0 Å². The second-order valence-corrected chi connectivity index (χ2v) is 5.03. The Kier molecular flexibility index (Phi) is 5.82. The topological polar surface area (TPSA) is 26.3 Å². The van der Waals surface area contributed by atoms with E-state index in [4.69, 9.17) is 4.74 Å². The van der Waals surface area contributed by atoms with Crippen LogP contribution < -0.4 is 0 Å². The standard InChI is InChI=1S/C12H24O2/c1-6-7-8-12(4,5)9-14-11(13)10(2)3/h10H,6-9H2,1-5H3. The Morgan fingerprint density at radius 1 is 1.36 bits per heavy atom. The van der Waals surface area contributed by atoms with Gasteiger partial charge in [-0.2, -0.15) is 0 Å². The molecule has 0 atom stereocenters. The second kappa shape index (κ2) is 6.05. The van der Waals surface area contributed by atoms with Crippen molar-refractivity contribution in [1.82, 2.24) is 0 Å². The maximum Gasteiger partial charge on any atom is 0.308 e. The van der Waals surface area contributed by atoms with E-state index in [1.807, 2.05) is 13.8 Å². The van der Waals surface area contributed by atoms with Gasteiger partial charge in [-0.1, -0.05) is 47.5 Å². The number of ether oxygens (including phenoxy) is 1. The van der Waals surface area contributed by atoms with E-state index < -0.39 is 0 Å². The summed E-state index contributed by atoms with van der Waals surface area (Å²) in [5, 5.41) is 0. The molecule has 0 aromatic heterocycles. The zero-order valence-electron chi connectivity index (χ0n) is 10.2. The summed E-state index contributed by atoms with van der Waals surface area (Å²) in [7, 11) is 0. The summed E-state index contributed by atoms with van der Waals surface area (Å²) in [6, 6.07) is 0. The molecular weight excluding hydrogens is 176 g/mol. The predicted molar refractivity (Wildman–Crippen MR) is 59.1 cm³/mol. The third-order valence-corrected chi connectivity index (χ3v) is 2.28. The number of unbranched alkanes of at least 4 members (excludes halogenated alkanes) is 1. The molecule has 2 nitrogen and oxygen atoms in total. The molecule has 0 aliphatic rings. The highest BCUT2D eigenvalue weighted by molar-refractivity contribution is 5.71. The van der Waals surface area contributed by atoms with Crippen LogP contribution in [0.1, 0.15) is 53.9 Å². The van der Waals surface area contributed by atoms with Gasteiger partial charge >= 0.3 is 5.97 Å². The molecule has 0 radical (unpaired) electrons. The fourth-order valence-electron chi connectivity index (χ4n) is 1.16. The van der Waals surface area contributed by atoms with Gasteiger partial charge in [0.2, 0.25) is 0 Å². The molecule has 0 heterocycles. The normalized spacial score (nSPS) is 11.9. The fraction of sp³-hybridized carbons (Fsp3) is 0.917. The van der Waals surface area contributed by atoms with E-state index in [2.05, 4.69) is 20.8 Å². The van der Waals surface area contributed by atoms with Gasteiger partial charge in [-0.3, -0.25) is 4.79 Å². The van der Waals surface area contributed by atoms with Gasteiger partial charge in [-0.25, -0.2) is 0 Å². The first kappa shape index (κ1) is 13.5. The van der Waals surface area contributed by atoms with Crippen LogP contribution in [0.5, 0.6) is 0 Å². The number of carbonyl (C=O) groups excluding carboxylic acids is 1. The first-order chi connectivity index (χ1) is 6.39. The minimum Gasteiger partial charge on any atom is -0.465 e. The molecule has 0 aromatic carbocycles. The summed E-state index contributed by atoms with van der Waals surface area (Å²) in [6.07, 6.45) is 3.52. The van der Waals surface area contributed by atoms with Gasteiger partial charge in [0.15, 0.2) is 0 Å². The number of carbonyl (C=O) groups is 1. The Morgan fingerprint density at radius 2 is 1.93 bits per heavy atom. The SMILES string of the molecule is CCCCC(C)(C)COC(=O)C(C)C. The first-order valence-electron chi connectivity index (χ1n) is 5.55. The molecule has 14 heavy (non-hydrogen) atoms. The monoisotopic (exact) mass is 200 g/mol. The number of rotatable bonds is 6. The van der Waals surface area contributed by atoms with Crippen molar-refractivity contribution in [3.8, 4) is 0 Å². The lowest BCUT2D eigenvalue weighted by atomic mass is 9.88. The highest BCUT2D eigenvalue weighted by Gasteiger charge is 2.20. The number of esters is 1. The fourth-order valence-corrected chi connectivity index (χ4v) is 1.16. The molecule has 0 unspecified atom stereocenters. The van der Waals surface area contributed by atoms with E-state index in [0.29, 0.717) is 6.61 Å². The zero-order chi connectivity index (χ0) is 11.2. The van der Waals surface area contributed by atoms with Gasteiger partial charge in [-0.05, 0) is 11.8 Å². The van der Waals surface area contributed by atoms with Crippen LogP contribution in [0, 0.1) is 11.3 Å². The summed E-state index contributed by atoms with van der Waals surface area (Å²) in [5.41, 5.74) is 0.126. The highest BCUT2D eigenvalue weighted by atomic mass is 16.5. The summed E-state index contributed by atoms with van der Waals surface area (Å²) in [6.45, 7) is 10.7. The van der Waals surface area contributed by atoms with Crippen LogP contribution in [0.25, 0.3) is 0 Å². The van der Waals surface area contributed by atoms with Crippen LogP contribution in [0.3, 0.4) is 0 Å². The van der Waals surface area contributed by atoms with Crippen molar-refractivity contribution in [1.29, 1.82) is 0 Å². The van der Waals surface area contributed by atoms with E-state index in [9.17, 15) is 4.79 Å². The van der Waals surface area contributed by atoms with Crippen molar-refractivity contribution in [2.75, 3.05) is 6.61 Å². The third-order valence-electron chi connectivity index (χ3n) is 2.28. The van der Waals surface area contributed by atoms with Crippen LogP contribution in [-0.2, 0) is 9.53 Å². The lowest BCUT2D eigenvalue weighted by molar-refractivity contribution is -0.150. The Labute approximate surface area is 88.0 Å². The lowest BCUT2D eigenvalue weighted by Gasteiger charge is -2.24. The Balaban J connectivity index is 3.80. The summed E-state index contributed by atoms with van der Waals surface area (Å²) in [5.74, 6) is -0.105. The predicted octanol–water partition coefficient (Wildman–Crippen LogP) is 3.40. The molecule has 0 bridgehead atoms. The van der Waals surface area contributed by atoms with Crippen molar-refractivity contribution in [2.24, 2.45) is 11.3 Å². The molecule has 0 aliphatic carbocycles. The van der Waals surface area contributed by atoms with Crippen LogP contribution in [0.15, 0.2) is 0 Å². The molecule has 0 saturated carbocycles. The van der Waals surface area contributed by atoms with E-state index in [1.165, 1.54) is 12.8 Å². The third kappa shape index (κ3) is 6.01. The van der Waals surface area contributed by atoms with E-state index in [0.717, 1.165) is 6.42 Å². The van der Waals surface area contributed by atoms with E-state index >= 15 is 0 Å². The van der Waals surface area contributed by atoms with Crippen molar-refractivity contribution >= 4 is 5.97 Å². The van der Waals surface area contributed by atoms with Crippen molar-refractivity contribution < 1.29 is 9.53 Å². The summed E-state index contributed by atoms with van der Waals surface area (Å²) >= 11 is 0. The van der Waals surface area contributed by atoms with Crippen molar-refractivity contribution in [3.05, 3.63) is 0 Å². The van der Waals surface area contributed by atoms with Crippen LogP contribution in [-0.4, -0.2) is 12.6 Å². The number of hydrogen-bond acceptors (Lipinski definition) is 2. The van der Waals surface area contributed by atoms with Crippen LogP contribution in [0.2, 0.25) is 0 Å². The van der Waals surface area contributed by atoms with Gasteiger partial charge < -0.3 is 4.74 Å². The highest BCUT2D eigenvalue weighted by Crippen LogP contribution is 2.23. The molecule has 0 N–H and O–H groups in total. The van der Waals surface area contributed by atoms with Gasteiger partial charge in [0, 0.05) is 0 Å². The molecule has 0 fully saturated rings. The molecule has 0 saturated heterocycles. The van der Waals surface area contributed by atoms with Crippen LogP contribution in [0.4, 0.5) is 0 Å². The molecule has 0 amide bonds. The van der Waals surface area contributed by atoms with Crippen molar-refractivity contribution in [3.63, 3.8) is 0 Å². The van der Waals surface area contributed by atoms with E-state index in [-0.39, 0.29) is 17.3 Å². The van der Waals surface area contributed by atoms with Gasteiger partial charge in [0.1, 0.15) is 0 Å². The number of hydrogen-bond donors (Lipinski definition) is 0. The lowest BCUT2D eigenvalue weighted by Crippen LogP contribution is -2.23. The Bertz CT molecular complexity index is 171. The second-order valence-electron chi connectivity index (χ2n) is 5.03. The average Bonchev–Trinajstić information content (AvgIpc) is 2.11. The quantitative estimate of drug-likeness (QED) is 0.614. The van der Waals surface area contributed by atoms with Crippen molar-refractivity contribution in [2.45, 2.75) is 53.9 Å². The molecule has 84 valence electrons. The summed E-state index contributed by atoms with van der Waals surface area (Å²) in [4.78, 5) is 11.2. The smallest absolute Gasteiger partial charge is 0.308 e. The molecule has 0 rings (SSSR count). The molecule has 0 spiro atoms. The molecular formula is C12H24O2. The maximum atomic E-state index is 11.2. The van der Waals surface area contributed by atoms with Gasteiger partial charge in [0.05, 0.1) is 12.5 Å². The van der Waals surface area contributed by atoms with Gasteiger partial charge in [-0.15, -0.1) is 0 Å². The Morgan fingerprint density at radius 3 is 2.36 bits per heavy atom.